The van der Waals surface area contributed by atoms with E-state index in [1.54, 1.807) is 18.2 Å². The zero-order chi connectivity index (χ0) is 16.6. The van der Waals surface area contributed by atoms with Gasteiger partial charge in [-0.1, -0.05) is 32.9 Å². The maximum atomic E-state index is 12.4. The third-order valence-electron chi connectivity index (χ3n) is 4.45. The molecule has 0 amide bonds. The van der Waals surface area contributed by atoms with Crippen LogP contribution < -0.4 is 4.18 Å². The van der Waals surface area contributed by atoms with E-state index in [0.717, 1.165) is 12.8 Å². The monoisotopic (exact) mass is 334 g/mol. The van der Waals surface area contributed by atoms with E-state index < -0.39 is 10.1 Å². The number of hydrogen-bond acceptors (Lipinski definition) is 4. The summed E-state index contributed by atoms with van der Waals surface area (Å²) in [6.45, 7) is 6.55. The molecule has 2 heterocycles. The minimum Gasteiger partial charge on any atom is -0.465 e. The highest BCUT2D eigenvalue weighted by Gasteiger charge is 2.29. The molecular formula is C18H22O4S. The van der Waals surface area contributed by atoms with Crippen molar-refractivity contribution < 1.29 is 17.0 Å². The Morgan fingerprint density at radius 2 is 1.87 bits per heavy atom. The first-order chi connectivity index (χ1) is 10.9. The standard InChI is InChI=1S/C18H22O4S/c1-4-16(12(2)3)13-5-7-14(8-6-13)22-23(19,20)18-11-15-9-10-17(18)21-15/h5-8,11-12,16H,4,9-10H2,1-3H3. The van der Waals surface area contributed by atoms with Gasteiger partial charge < -0.3 is 8.60 Å². The molecule has 1 aliphatic rings. The first-order valence-corrected chi connectivity index (χ1v) is 9.47. The van der Waals surface area contributed by atoms with Crippen LogP contribution in [0.2, 0.25) is 0 Å². The summed E-state index contributed by atoms with van der Waals surface area (Å²) in [4.78, 5) is 0.163. The second-order valence-corrected chi connectivity index (χ2v) is 7.88. The molecule has 0 saturated heterocycles. The molecule has 23 heavy (non-hydrogen) atoms. The number of furan rings is 1. The van der Waals surface area contributed by atoms with Crippen molar-refractivity contribution in [2.45, 2.75) is 50.8 Å². The zero-order valence-corrected chi connectivity index (χ0v) is 14.5. The van der Waals surface area contributed by atoms with Gasteiger partial charge in [-0.3, -0.25) is 0 Å². The van der Waals surface area contributed by atoms with Crippen molar-refractivity contribution in [2.75, 3.05) is 0 Å². The van der Waals surface area contributed by atoms with Gasteiger partial charge in [0.2, 0.25) is 0 Å². The maximum absolute atomic E-state index is 12.4. The summed E-state index contributed by atoms with van der Waals surface area (Å²) in [5.74, 6) is 2.55. The summed E-state index contributed by atoms with van der Waals surface area (Å²) >= 11 is 0. The molecule has 1 unspecified atom stereocenters. The lowest BCUT2D eigenvalue weighted by atomic mass is 9.86. The summed E-state index contributed by atoms with van der Waals surface area (Å²) in [5.41, 5.74) is 1.21. The van der Waals surface area contributed by atoms with E-state index in [-0.39, 0.29) is 4.90 Å². The summed E-state index contributed by atoms with van der Waals surface area (Å²) in [6, 6.07) is 8.92. The lowest BCUT2D eigenvalue weighted by Crippen LogP contribution is -2.12. The van der Waals surface area contributed by atoms with Gasteiger partial charge in [0.15, 0.2) is 0 Å². The molecule has 0 spiro atoms. The largest absolute Gasteiger partial charge is 0.465 e. The van der Waals surface area contributed by atoms with Gasteiger partial charge in [0.25, 0.3) is 0 Å². The van der Waals surface area contributed by atoms with Gasteiger partial charge in [0, 0.05) is 18.9 Å². The first-order valence-electron chi connectivity index (χ1n) is 8.06. The van der Waals surface area contributed by atoms with Crippen LogP contribution >= 0.6 is 0 Å². The van der Waals surface area contributed by atoms with E-state index in [1.807, 2.05) is 12.1 Å². The van der Waals surface area contributed by atoms with E-state index in [0.29, 0.717) is 35.5 Å². The highest BCUT2D eigenvalue weighted by molar-refractivity contribution is 7.87. The molecule has 0 radical (unpaired) electrons. The van der Waals surface area contributed by atoms with Crippen molar-refractivity contribution in [3.05, 3.63) is 47.4 Å². The van der Waals surface area contributed by atoms with Crippen molar-refractivity contribution in [2.24, 2.45) is 5.92 Å². The van der Waals surface area contributed by atoms with Crippen molar-refractivity contribution in [1.29, 1.82) is 0 Å². The first kappa shape index (κ1) is 16.1. The predicted molar refractivity (Wildman–Crippen MR) is 88.2 cm³/mol. The summed E-state index contributed by atoms with van der Waals surface area (Å²) in [6.07, 6.45) is 2.46. The van der Waals surface area contributed by atoms with E-state index >= 15 is 0 Å². The average Bonchev–Trinajstić information content (AvgIpc) is 3.12. The number of aryl methyl sites for hydroxylation is 2. The van der Waals surface area contributed by atoms with Gasteiger partial charge in [0.1, 0.15) is 22.2 Å². The zero-order valence-electron chi connectivity index (χ0n) is 13.7. The smallest absolute Gasteiger partial charge is 0.342 e. The molecule has 0 aliphatic carbocycles. The van der Waals surface area contributed by atoms with Crippen LogP contribution in [0.15, 0.2) is 39.6 Å². The van der Waals surface area contributed by atoms with E-state index in [1.165, 1.54) is 5.56 Å². The van der Waals surface area contributed by atoms with Gasteiger partial charge in [0.05, 0.1) is 0 Å². The van der Waals surface area contributed by atoms with Crippen LogP contribution in [0.5, 0.6) is 5.75 Å². The molecule has 1 aliphatic heterocycles. The molecule has 0 saturated carbocycles. The topological polar surface area (TPSA) is 56.5 Å². The molecule has 124 valence electrons. The van der Waals surface area contributed by atoms with Crippen molar-refractivity contribution >= 4 is 10.1 Å². The van der Waals surface area contributed by atoms with Crippen LogP contribution in [0.4, 0.5) is 0 Å². The number of hydrogen-bond donors (Lipinski definition) is 0. The fourth-order valence-corrected chi connectivity index (χ4v) is 4.40. The SMILES string of the molecule is CCC(c1ccc(OS(=O)(=O)c2cc3oc2CC3)cc1)C(C)C. The molecule has 5 heteroatoms. The van der Waals surface area contributed by atoms with Crippen LogP contribution in [-0.4, -0.2) is 8.42 Å². The number of rotatable bonds is 6. The molecule has 1 aromatic carbocycles. The molecule has 1 aromatic heterocycles. The molecule has 0 N–H and O–H groups in total. The lowest BCUT2D eigenvalue weighted by molar-refractivity contribution is 0.475. The fourth-order valence-electron chi connectivity index (χ4n) is 3.24. The van der Waals surface area contributed by atoms with Crippen molar-refractivity contribution in [1.82, 2.24) is 0 Å². The van der Waals surface area contributed by atoms with E-state index in [2.05, 4.69) is 20.8 Å². The fraction of sp³-hybridized carbons (Fsp3) is 0.444. The molecule has 2 aromatic rings. The van der Waals surface area contributed by atoms with Gasteiger partial charge in [-0.25, -0.2) is 0 Å². The molecule has 3 rings (SSSR count). The van der Waals surface area contributed by atoms with Crippen molar-refractivity contribution in [3.8, 4) is 5.75 Å². The summed E-state index contributed by atoms with van der Waals surface area (Å²) < 4.78 is 35.4. The van der Waals surface area contributed by atoms with Crippen LogP contribution in [0.3, 0.4) is 0 Å². The summed E-state index contributed by atoms with van der Waals surface area (Å²) in [5, 5.41) is 0. The maximum Gasteiger partial charge on any atom is 0.342 e. The number of fused-ring (bicyclic) bond motifs is 2. The minimum atomic E-state index is -3.82. The van der Waals surface area contributed by atoms with Gasteiger partial charge >= 0.3 is 10.1 Å². The molecule has 4 nitrogen and oxygen atoms in total. The quantitative estimate of drug-likeness (QED) is 0.739. The van der Waals surface area contributed by atoms with E-state index in [4.69, 9.17) is 8.60 Å². The van der Waals surface area contributed by atoms with Gasteiger partial charge in [-0.15, -0.1) is 0 Å². The Hall–Kier alpha value is -1.75. The summed E-state index contributed by atoms with van der Waals surface area (Å²) in [7, 11) is -3.82. The van der Waals surface area contributed by atoms with Crippen LogP contribution in [0.1, 0.15) is 50.2 Å². The second-order valence-electron chi connectivity index (χ2n) is 6.37. The normalized spacial score (nSPS) is 15.1. The third kappa shape index (κ3) is 3.15. The average molecular weight is 334 g/mol. The Balaban J connectivity index is 1.79. The van der Waals surface area contributed by atoms with E-state index in [9.17, 15) is 8.42 Å². The molecule has 2 bridgehead atoms. The van der Waals surface area contributed by atoms with Gasteiger partial charge in [-0.05, 0) is 36.0 Å². The Labute approximate surface area is 137 Å². The lowest BCUT2D eigenvalue weighted by Gasteiger charge is -2.19. The second kappa shape index (κ2) is 6.04. The Kier molecular flexibility index (Phi) is 4.23. The van der Waals surface area contributed by atoms with Crippen LogP contribution in [-0.2, 0) is 23.0 Å². The third-order valence-corrected chi connectivity index (χ3v) is 5.74. The molecular weight excluding hydrogens is 312 g/mol. The Bertz CT molecular complexity index is 785. The predicted octanol–water partition coefficient (Wildman–Crippen LogP) is 4.30. The number of benzene rings is 1. The minimum absolute atomic E-state index is 0.163. The Morgan fingerprint density at radius 3 is 2.35 bits per heavy atom. The Morgan fingerprint density at radius 1 is 1.17 bits per heavy atom. The van der Waals surface area contributed by atoms with Crippen LogP contribution in [0, 0.1) is 5.92 Å². The molecule has 0 fully saturated rings. The molecule has 1 atom stereocenters. The van der Waals surface area contributed by atoms with Gasteiger partial charge in [-0.2, -0.15) is 8.42 Å². The highest BCUT2D eigenvalue weighted by atomic mass is 32.2. The highest BCUT2D eigenvalue weighted by Crippen LogP contribution is 2.32. The van der Waals surface area contributed by atoms with Crippen molar-refractivity contribution in [3.63, 3.8) is 0 Å². The van der Waals surface area contributed by atoms with Crippen LogP contribution in [0.25, 0.3) is 0 Å².